The van der Waals surface area contributed by atoms with E-state index >= 15 is 0 Å². The van der Waals surface area contributed by atoms with E-state index < -0.39 is 0 Å². The zero-order valence-corrected chi connectivity index (χ0v) is 8.12. The molecule has 0 radical (unpaired) electrons. The molecule has 0 fully saturated rings. The van der Waals surface area contributed by atoms with Crippen LogP contribution >= 0.6 is 0 Å². The fourth-order valence-corrected chi connectivity index (χ4v) is 1.80. The van der Waals surface area contributed by atoms with Gasteiger partial charge in [-0.05, 0) is 24.1 Å². The summed E-state index contributed by atoms with van der Waals surface area (Å²) in [6.07, 6.45) is 1.29. The Labute approximate surface area is 82.9 Å². The van der Waals surface area contributed by atoms with Crippen LogP contribution in [0.1, 0.15) is 34.8 Å². The molecule has 0 aliphatic heterocycles. The minimum Gasteiger partial charge on any atom is -0.497 e. The molecule has 1 atom stereocenters. The van der Waals surface area contributed by atoms with Crippen LogP contribution in [0.5, 0.6) is 5.75 Å². The maximum absolute atomic E-state index is 11.6. The predicted octanol–water partition coefficient (Wildman–Crippen LogP) is 1.67. The molecule has 14 heavy (non-hydrogen) atoms. The number of ketones is 1. The van der Waals surface area contributed by atoms with E-state index in [9.17, 15) is 4.79 Å². The molecule has 0 aromatic heterocycles. The molecule has 2 rings (SSSR count). The molecule has 0 amide bonds. The number of methoxy groups -OCH3 is 1. The topological polar surface area (TPSA) is 52.3 Å². The normalized spacial score (nSPS) is 20.4. The largest absolute Gasteiger partial charge is 0.497 e. The van der Waals surface area contributed by atoms with E-state index in [1.54, 1.807) is 13.2 Å². The van der Waals surface area contributed by atoms with Crippen molar-refractivity contribution in [2.24, 2.45) is 5.73 Å². The lowest BCUT2D eigenvalue weighted by molar-refractivity contribution is 0.0966. The summed E-state index contributed by atoms with van der Waals surface area (Å²) >= 11 is 0. The van der Waals surface area contributed by atoms with Gasteiger partial charge in [0, 0.05) is 18.0 Å². The van der Waals surface area contributed by atoms with E-state index in [1.165, 1.54) is 0 Å². The van der Waals surface area contributed by atoms with Gasteiger partial charge in [-0.1, -0.05) is 6.07 Å². The monoisotopic (exact) mass is 191 g/mol. The maximum atomic E-state index is 11.6. The summed E-state index contributed by atoms with van der Waals surface area (Å²) in [6, 6.07) is 5.50. The number of Topliss-reactive ketones (excluding diaryl/α,β-unsaturated/α-hetero) is 1. The minimum atomic E-state index is -0.00592. The number of fused-ring (bicyclic) bond motifs is 1. The average molecular weight is 191 g/mol. The van der Waals surface area contributed by atoms with E-state index in [-0.39, 0.29) is 11.8 Å². The zero-order valence-electron chi connectivity index (χ0n) is 8.12. The number of ether oxygens (including phenoxy) is 1. The third kappa shape index (κ3) is 1.40. The first-order valence-corrected chi connectivity index (χ1v) is 4.69. The minimum absolute atomic E-state index is 0.00592. The molecule has 74 valence electrons. The Hall–Kier alpha value is -1.35. The molecule has 3 nitrogen and oxygen atoms in total. The van der Waals surface area contributed by atoms with Crippen molar-refractivity contribution in [1.82, 2.24) is 0 Å². The van der Waals surface area contributed by atoms with E-state index in [0.29, 0.717) is 12.2 Å². The van der Waals surface area contributed by atoms with Gasteiger partial charge in [0.1, 0.15) is 5.75 Å². The Kier molecular flexibility index (Phi) is 2.25. The van der Waals surface area contributed by atoms with Crippen LogP contribution in [0.2, 0.25) is 0 Å². The van der Waals surface area contributed by atoms with E-state index in [2.05, 4.69) is 0 Å². The summed E-state index contributed by atoms with van der Waals surface area (Å²) in [7, 11) is 1.59. The van der Waals surface area contributed by atoms with Gasteiger partial charge >= 0.3 is 0 Å². The van der Waals surface area contributed by atoms with Crippen LogP contribution in [0.15, 0.2) is 18.2 Å². The number of carbonyl (C=O) groups excluding carboxylic acids is 1. The van der Waals surface area contributed by atoms with Crippen molar-refractivity contribution in [3.63, 3.8) is 0 Å². The van der Waals surface area contributed by atoms with E-state index in [1.807, 2.05) is 12.1 Å². The van der Waals surface area contributed by atoms with Gasteiger partial charge in [0.2, 0.25) is 0 Å². The lowest BCUT2D eigenvalue weighted by Crippen LogP contribution is -2.21. The number of benzene rings is 1. The molecule has 2 N–H and O–H groups in total. The Bertz CT molecular complexity index is 374. The number of hydrogen-bond donors (Lipinski definition) is 1. The van der Waals surface area contributed by atoms with Gasteiger partial charge in [-0.15, -0.1) is 0 Å². The predicted molar refractivity (Wildman–Crippen MR) is 53.5 cm³/mol. The summed E-state index contributed by atoms with van der Waals surface area (Å²) in [6.45, 7) is 0. The second-order valence-electron chi connectivity index (χ2n) is 3.52. The molecule has 1 aromatic rings. The van der Waals surface area contributed by atoms with Gasteiger partial charge in [-0.3, -0.25) is 4.79 Å². The van der Waals surface area contributed by atoms with Crippen LogP contribution in [0.4, 0.5) is 0 Å². The Morgan fingerprint density at radius 2 is 2.29 bits per heavy atom. The van der Waals surface area contributed by atoms with Crippen LogP contribution in [-0.2, 0) is 0 Å². The summed E-state index contributed by atoms with van der Waals surface area (Å²) in [5, 5.41) is 0. The molecule has 1 unspecified atom stereocenters. The van der Waals surface area contributed by atoms with Crippen molar-refractivity contribution < 1.29 is 9.53 Å². The van der Waals surface area contributed by atoms with Gasteiger partial charge in [0.15, 0.2) is 5.78 Å². The van der Waals surface area contributed by atoms with E-state index in [0.717, 1.165) is 17.5 Å². The average Bonchev–Trinajstić information content (AvgIpc) is 2.23. The highest BCUT2D eigenvalue weighted by atomic mass is 16.5. The first-order chi connectivity index (χ1) is 6.72. The van der Waals surface area contributed by atoms with Gasteiger partial charge in [0.05, 0.1) is 7.11 Å². The van der Waals surface area contributed by atoms with Gasteiger partial charge in [-0.2, -0.15) is 0 Å². The number of nitrogens with two attached hydrogens (primary N) is 1. The Morgan fingerprint density at radius 1 is 1.50 bits per heavy atom. The summed E-state index contributed by atoms with van der Waals surface area (Å²) in [5.74, 6) is 0.881. The summed E-state index contributed by atoms with van der Waals surface area (Å²) in [4.78, 5) is 11.6. The van der Waals surface area contributed by atoms with Crippen LogP contribution in [0.3, 0.4) is 0 Å². The first-order valence-electron chi connectivity index (χ1n) is 4.69. The fraction of sp³-hybridized carbons (Fsp3) is 0.364. The molecule has 1 aromatic carbocycles. The maximum Gasteiger partial charge on any atom is 0.163 e. The second-order valence-corrected chi connectivity index (χ2v) is 3.52. The highest BCUT2D eigenvalue weighted by Crippen LogP contribution is 2.30. The van der Waals surface area contributed by atoms with Gasteiger partial charge in [-0.25, -0.2) is 0 Å². The van der Waals surface area contributed by atoms with Crippen LogP contribution in [-0.4, -0.2) is 12.9 Å². The molecule has 0 saturated carbocycles. The standard InChI is InChI=1S/C11H13NO2/c1-14-7-2-3-8-9(6-7)11(13)5-4-10(8)12/h2-3,6,10H,4-5,12H2,1H3. The van der Waals surface area contributed by atoms with Crippen molar-refractivity contribution in [2.75, 3.05) is 7.11 Å². The third-order valence-electron chi connectivity index (χ3n) is 2.64. The molecular weight excluding hydrogens is 178 g/mol. The summed E-state index contributed by atoms with van der Waals surface area (Å²) in [5.41, 5.74) is 7.58. The molecule has 0 bridgehead atoms. The Morgan fingerprint density at radius 3 is 3.00 bits per heavy atom. The van der Waals surface area contributed by atoms with Gasteiger partial charge < -0.3 is 10.5 Å². The Balaban J connectivity index is 2.50. The van der Waals surface area contributed by atoms with Crippen molar-refractivity contribution in [3.05, 3.63) is 29.3 Å². The van der Waals surface area contributed by atoms with Crippen molar-refractivity contribution in [1.29, 1.82) is 0 Å². The van der Waals surface area contributed by atoms with Crippen LogP contribution < -0.4 is 10.5 Å². The van der Waals surface area contributed by atoms with Gasteiger partial charge in [0.25, 0.3) is 0 Å². The van der Waals surface area contributed by atoms with Crippen LogP contribution in [0, 0.1) is 0 Å². The lowest BCUT2D eigenvalue weighted by Gasteiger charge is -2.21. The highest BCUT2D eigenvalue weighted by molar-refractivity contribution is 5.99. The molecule has 1 aliphatic rings. The number of hydrogen-bond acceptors (Lipinski definition) is 3. The quantitative estimate of drug-likeness (QED) is 0.734. The number of rotatable bonds is 1. The zero-order chi connectivity index (χ0) is 10.1. The first kappa shape index (κ1) is 9.21. The van der Waals surface area contributed by atoms with E-state index in [4.69, 9.17) is 10.5 Å². The fourth-order valence-electron chi connectivity index (χ4n) is 1.80. The SMILES string of the molecule is COc1ccc2c(c1)C(=O)CCC2N. The molecule has 0 heterocycles. The molecule has 0 saturated heterocycles. The van der Waals surface area contributed by atoms with Crippen molar-refractivity contribution in [2.45, 2.75) is 18.9 Å². The summed E-state index contributed by atoms with van der Waals surface area (Å²) < 4.78 is 5.07. The van der Waals surface area contributed by atoms with Crippen molar-refractivity contribution >= 4 is 5.78 Å². The lowest BCUT2D eigenvalue weighted by atomic mass is 9.87. The third-order valence-corrected chi connectivity index (χ3v) is 2.64. The molecular formula is C11H13NO2. The smallest absolute Gasteiger partial charge is 0.163 e. The number of carbonyl (C=O) groups is 1. The van der Waals surface area contributed by atoms with Crippen molar-refractivity contribution in [3.8, 4) is 5.75 Å². The van der Waals surface area contributed by atoms with Crippen LogP contribution in [0.25, 0.3) is 0 Å². The highest BCUT2D eigenvalue weighted by Gasteiger charge is 2.23. The molecule has 1 aliphatic carbocycles. The molecule has 0 spiro atoms. The second kappa shape index (κ2) is 3.42. The molecule has 3 heteroatoms.